The Hall–Kier alpha value is -1.64. The number of aryl methyl sites for hydroxylation is 2. The standard InChI is InChI=1S/C10H11N3/c1-7-5-9(3-4-11-7)10-8(2)12-6-13-10/h3-6H,1-2H3,(H,12,13). The highest BCUT2D eigenvalue weighted by Gasteiger charge is 2.03. The predicted molar refractivity (Wildman–Crippen MR) is 51.3 cm³/mol. The normalized spacial score (nSPS) is 10.3. The monoisotopic (exact) mass is 173 g/mol. The molecule has 2 aromatic rings. The molecular weight excluding hydrogens is 162 g/mol. The molecule has 0 bridgehead atoms. The molecular formula is C10H11N3. The van der Waals surface area contributed by atoms with Crippen molar-refractivity contribution in [1.29, 1.82) is 0 Å². The highest BCUT2D eigenvalue weighted by Crippen LogP contribution is 2.19. The summed E-state index contributed by atoms with van der Waals surface area (Å²) in [6, 6.07) is 4.00. The van der Waals surface area contributed by atoms with Crippen molar-refractivity contribution in [2.75, 3.05) is 0 Å². The predicted octanol–water partition coefficient (Wildman–Crippen LogP) is 2.09. The van der Waals surface area contributed by atoms with Gasteiger partial charge in [-0.1, -0.05) is 0 Å². The van der Waals surface area contributed by atoms with Gasteiger partial charge in [-0.15, -0.1) is 0 Å². The fourth-order valence-electron chi connectivity index (χ4n) is 1.34. The van der Waals surface area contributed by atoms with Crippen LogP contribution in [0.15, 0.2) is 24.7 Å². The average molecular weight is 173 g/mol. The second-order valence-corrected chi connectivity index (χ2v) is 3.06. The van der Waals surface area contributed by atoms with Crippen LogP contribution in [0.25, 0.3) is 11.3 Å². The third-order valence-electron chi connectivity index (χ3n) is 2.00. The molecule has 0 fully saturated rings. The van der Waals surface area contributed by atoms with E-state index in [0.717, 1.165) is 22.6 Å². The van der Waals surface area contributed by atoms with Crippen molar-refractivity contribution in [2.45, 2.75) is 13.8 Å². The Labute approximate surface area is 76.9 Å². The van der Waals surface area contributed by atoms with E-state index < -0.39 is 0 Å². The molecule has 3 heteroatoms. The lowest BCUT2D eigenvalue weighted by molar-refractivity contribution is 1.19. The number of nitrogens with zero attached hydrogens (tertiary/aromatic N) is 2. The minimum Gasteiger partial charge on any atom is -0.348 e. The van der Waals surface area contributed by atoms with E-state index in [1.807, 2.05) is 26.0 Å². The maximum atomic E-state index is 4.24. The van der Waals surface area contributed by atoms with Crippen molar-refractivity contribution in [3.05, 3.63) is 36.0 Å². The molecule has 2 rings (SSSR count). The van der Waals surface area contributed by atoms with E-state index in [1.165, 1.54) is 0 Å². The van der Waals surface area contributed by atoms with Gasteiger partial charge in [0.1, 0.15) is 0 Å². The topological polar surface area (TPSA) is 41.6 Å². The van der Waals surface area contributed by atoms with Crippen molar-refractivity contribution in [1.82, 2.24) is 15.0 Å². The molecule has 0 spiro atoms. The second kappa shape index (κ2) is 3.01. The lowest BCUT2D eigenvalue weighted by atomic mass is 10.1. The number of pyridine rings is 1. The lowest BCUT2D eigenvalue weighted by Gasteiger charge is -1.98. The van der Waals surface area contributed by atoms with Gasteiger partial charge in [-0.25, -0.2) is 4.98 Å². The third kappa shape index (κ3) is 1.45. The lowest BCUT2D eigenvalue weighted by Crippen LogP contribution is -1.84. The minimum absolute atomic E-state index is 1.01. The van der Waals surface area contributed by atoms with Crippen LogP contribution >= 0.6 is 0 Å². The first-order valence-corrected chi connectivity index (χ1v) is 4.20. The molecule has 0 unspecified atom stereocenters. The molecule has 0 atom stereocenters. The summed E-state index contributed by atoms with van der Waals surface area (Å²) in [6.45, 7) is 3.99. The fourth-order valence-corrected chi connectivity index (χ4v) is 1.34. The van der Waals surface area contributed by atoms with Crippen LogP contribution in [0.2, 0.25) is 0 Å². The van der Waals surface area contributed by atoms with Gasteiger partial charge in [0, 0.05) is 23.1 Å². The Bertz CT molecular complexity index is 418. The molecule has 0 radical (unpaired) electrons. The molecule has 0 aliphatic rings. The Morgan fingerprint density at radius 3 is 2.69 bits per heavy atom. The van der Waals surface area contributed by atoms with E-state index in [1.54, 1.807) is 12.5 Å². The summed E-state index contributed by atoms with van der Waals surface area (Å²) in [5.41, 5.74) is 4.22. The summed E-state index contributed by atoms with van der Waals surface area (Å²) >= 11 is 0. The number of aromatic amines is 1. The number of nitrogens with one attached hydrogen (secondary N) is 1. The molecule has 66 valence electrons. The first-order valence-electron chi connectivity index (χ1n) is 4.20. The van der Waals surface area contributed by atoms with Gasteiger partial charge in [-0.05, 0) is 26.0 Å². The maximum Gasteiger partial charge on any atom is 0.0929 e. The van der Waals surface area contributed by atoms with Crippen molar-refractivity contribution in [3.8, 4) is 11.3 Å². The molecule has 2 heterocycles. The summed E-state index contributed by atoms with van der Waals surface area (Å²) in [6.07, 6.45) is 3.51. The van der Waals surface area contributed by atoms with Crippen LogP contribution < -0.4 is 0 Å². The van der Waals surface area contributed by atoms with E-state index >= 15 is 0 Å². The summed E-state index contributed by atoms with van der Waals surface area (Å²) < 4.78 is 0. The van der Waals surface area contributed by atoms with Gasteiger partial charge in [-0.3, -0.25) is 4.98 Å². The number of H-pyrrole nitrogens is 1. The van der Waals surface area contributed by atoms with Gasteiger partial charge in [0.2, 0.25) is 0 Å². The van der Waals surface area contributed by atoms with E-state index in [4.69, 9.17) is 0 Å². The van der Waals surface area contributed by atoms with Crippen LogP contribution in [0.5, 0.6) is 0 Å². The summed E-state index contributed by atoms with van der Waals surface area (Å²) in [5.74, 6) is 0. The molecule has 13 heavy (non-hydrogen) atoms. The maximum absolute atomic E-state index is 4.24. The Morgan fingerprint density at radius 2 is 2.08 bits per heavy atom. The van der Waals surface area contributed by atoms with Gasteiger partial charge in [0.05, 0.1) is 12.0 Å². The van der Waals surface area contributed by atoms with Gasteiger partial charge >= 0.3 is 0 Å². The van der Waals surface area contributed by atoms with E-state index in [9.17, 15) is 0 Å². The highest BCUT2D eigenvalue weighted by molar-refractivity contribution is 5.61. The Kier molecular flexibility index (Phi) is 1.85. The van der Waals surface area contributed by atoms with Crippen LogP contribution in [0.3, 0.4) is 0 Å². The number of rotatable bonds is 1. The number of hydrogen-bond donors (Lipinski definition) is 1. The zero-order valence-electron chi connectivity index (χ0n) is 7.70. The zero-order valence-corrected chi connectivity index (χ0v) is 7.70. The van der Waals surface area contributed by atoms with Crippen molar-refractivity contribution in [3.63, 3.8) is 0 Å². The third-order valence-corrected chi connectivity index (χ3v) is 2.00. The van der Waals surface area contributed by atoms with E-state index in [-0.39, 0.29) is 0 Å². The molecule has 2 aromatic heterocycles. The van der Waals surface area contributed by atoms with Gasteiger partial charge in [0.15, 0.2) is 0 Å². The summed E-state index contributed by atoms with van der Waals surface area (Å²) in [7, 11) is 0. The van der Waals surface area contributed by atoms with Crippen LogP contribution in [0, 0.1) is 13.8 Å². The van der Waals surface area contributed by atoms with Crippen molar-refractivity contribution in [2.24, 2.45) is 0 Å². The largest absolute Gasteiger partial charge is 0.348 e. The molecule has 0 aliphatic heterocycles. The van der Waals surface area contributed by atoms with Crippen molar-refractivity contribution < 1.29 is 0 Å². The minimum atomic E-state index is 1.01. The van der Waals surface area contributed by atoms with E-state index in [0.29, 0.717) is 0 Å². The summed E-state index contributed by atoms with van der Waals surface area (Å²) in [5, 5.41) is 0. The zero-order chi connectivity index (χ0) is 9.26. The van der Waals surface area contributed by atoms with Crippen LogP contribution in [0.4, 0.5) is 0 Å². The molecule has 3 nitrogen and oxygen atoms in total. The number of imidazole rings is 1. The van der Waals surface area contributed by atoms with Gasteiger partial charge < -0.3 is 4.98 Å². The van der Waals surface area contributed by atoms with E-state index in [2.05, 4.69) is 15.0 Å². The number of hydrogen-bond acceptors (Lipinski definition) is 2. The molecule has 0 aliphatic carbocycles. The average Bonchev–Trinajstić information content (AvgIpc) is 2.51. The first-order chi connectivity index (χ1) is 6.27. The SMILES string of the molecule is Cc1cc(-c2nc[nH]c2C)ccn1. The van der Waals surface area contributed by atoms with Crippen LogP contribution in [0.1, 0.15) is 11.4 Å². The first kappa shape index (κ1) is 7.98. The Morgan fingerprint density at radius 1 is 1.23 bits per heavy atom. The van der Waals surface area contributed by atoms with Gasteiger partial charge in [0.25, 0.3) is 0 Å². The molecule has 0 saturated carbocycles. The van der Waals surface area contributed by atoms with Crippen LogP contribution in [-0.4, -0.2) is 15.0 Å². The van der Waals surface area contributed by atoms with Gasteiger partial charge in [-0.2, -0.15) is 0 Å². The molecule has 1 N–H and O–H groups in total. The fraction of sp³-hybridized carbons (Fsp3) is 0.200. The molecule has 0 amide bonds. The number of aromatic nitrogens is 3. The highest BCUT2D eigenvalue weighted by atomic mass is 14.9. The summed E-state index contributed by atoms with van der Waals surface area (Å²) in [4.78, 5) is 11.4. The van der Waals surface area contributed by atoms with Crippen molar-refractivity contribution >= 4 is 0 Å². The molecule has 0 saturated heterocycles. The van der Waals surface area contributed by atoms with Crippen LogP contribution in [-0.2, 0) is 0 Å². The second-order valence-electron chi connectivity index (χ2n) is 3.06. The Balaban J connectivity index is 2.53. The quantitative estimate of drug-likeness (QED) is 0.717. The molecule has 0 aromatic carbocycles. The smallest absolute Gasteiger partial charge is 0.0929 e.